The van der Waals surface area contributed by atoms with Crippen molar-refractivity contribution < 1.29 is 19.4 Å². The van der Waals surface area contributed by atoms with Crippen LogP contribution in [0.4, 0.5) is 0 Å². The molecule has 2 rings (SSSR count). The van der Waals surface area contributed by atoms with Gasteiger partial charge in [0.15, 0.2) is 11.5 Å². The molecular weight excluding hydrogens is 270 g/mol. The summed E-state index contributed by atoms with van der Waals surface area (Å²) in [6.07, 6.45) is 0. The van der Waals surface area contributed by atoms with Crippen LogP contribution in [0.5, 0.6) is 17.2 Å². The number of methoxy groups -OCH3 is 1. The zero-order valence-corrected chi connectivity index (χ0v) is 11.6. The van der Waals surface area contributed by atoms with E-state index in [1.807, 2.05) is 13.0 Å². The number of aryl methyl sites for hydroxylation is 1. The van der Waals surface area contributed by atoms with Crippen LogP contribution in [0.25, 0.3) is 0 Å². The smallest absolute Gasteiger partial charge is 0.335 e. The van der Waals surface area contributed by atoms with Crippen molar-refractivity contribution in [3.8, 4) is 23.3 Å². The summed E-state index contributed by atoms with van der Waals surface area (Å²) in [6, 6.07) is 11.5. The van der Waals surface area contributed by atoms with Gasteiger partial charge in [-0.1, -0.05) is 6.07 Å². The number of nitrogens with zero attached hydrogens (tertiary/aromatic N) is 1. The van der Waals surface area contributed by atoms with Gasteiger partial charge in [-0.3, -0.25) is 0 Å². The highest BCUT2D eigenvalue weighted by molar-refractivity contribution is 5.88. The van der Waals surface area contributed by atoms with Gasteiger partial charge in [-0.2, -0.15) is 5.26 Å². The Kier molecular flexibility index (Phi) is 4.10. The average molecular weight is 283 g/mol. The van der Waals surface area contributed by atoms with E-state index < -0.39 is 5.97 Å². The van der Waals surface area contributed by atoms with Crippen LogP contribution in [0.15, 0.2) is 36.4 Å². The molecule has 0 aromatic heterocycles. The molecule has 2 aromatic carbocycles. The van der Waals surface area contributed by atoms with Crippen LogP contribution in [0.3, 0.4) is 0 Å². The average Bonchev–Trinajstić information content (AvgIpc) is 2.47. The van der Waals surface area contributed by atoms with Gasteiger partial charge in [-0.05, 0) is 42.8 Å². The predicted octanol–water partition coefficient (Wildman–Crippen LogP) is 3.37. The maximum Gasteiger partial charge on any atom is 0.335 e. The topological polar surface area (TPSA) is 79.6 Å². The molecule has 0 saturated heterocycles. The molecule has 0 aliphatic rings. The van der Waals surface area contributed by atoms with Crippen molar-refractivity contribution >= 4 is 5.97 Å². The first-order chi connectivity index (χ1) is 10.0. The SMILES string of the molecule is COc1ccc(C(=O)O)cc1Oc1cc(C)ccc1C#N. The predicted molar refractivity (Wildman–Crippen MR) is 75.9 cm³/mol. The molecule has 106 valence electrons. The monoisotopic (exact) mass is 283 g/mol. The van der Waals surface area contributed by atoms with Crippen LogP contribution in [-0.4, -0.2) is 18.2 Å². The van der Waals surface area contributed by atoms with Gasteiger partial charge >= 0.3 is 5.97 Å². The number of rotatable bonds is 4. The Morgan fingerprint density at radius 3 is 2.52 bits per heavy atom. The lowest BCUT2D eigenvalue weighted by atomic mass is 10.1. The molecule has 0 aliphatic carbocycles. The van der Waals surface area contributed by atoms with Gasteiger partial charge < -0.3 is 14.6 Å². The number of ether oxygens (including phenoxy) is 2. The summed E-state index contributed by atoms with van der Waals surface area (Å²) < 4.78 is 10.8. The third-order valence-corrected chi connectivity index (χ3v) is 2.89. The van der Waals surface area contributed by atoms with Crippen molar-refractivity contribution in [2.24, 2.45) is 0 Å². The van der Waals surface area contributed by atoms with Crippen LogP contribution in [-0.2, 0) is 0 Å². The van der Waals surface area contributed by atoms with E-state index >= 15 is 0 Å². The van der Waals surface area contributed by atoms with E-state index in [0.717, 1.165) is 5.56 Å². The Balaban J connectivity index is 2.48. The van der Waals surface area contributed by atoms with E-state index in [1.54, 1.807) is 18.2 Å². The van der Waals surface area contributed by atoms with Crippen LogP contribution in [0, 0.1) is 18.3 Å². The van der Waals surface area contributed by atoms with Crippen molar-refractivity contribution in [1.82, 2.24) is 0 Å². The number of aromatic carboxylic acids is 1. The third kappa shape index (κ3) is 3.12. The van der Waals surface area contributed by atoms with Crippen molar-refractivity contribution in [3.63, 3.8) is 0 Å². The standard InChI is InChI=1S/C16H13NO4/c1-10-3-4-12(9-17)14(7-10)21-15-8-11(16(18)19)5-6-13(15)20-2/h3-8H,1-2H3,(H,18,19). The van der Waals surface area contributed by atoms with Gasteiger partial charge in [0.05, 0.1) is 18.2 Å². The van der Waals surface area contributed by atoms with Crippen molar-refractivity contribution in [3.05, 3.63) is 53.1 Å². The molecule has 1 N–H and O–H groups in total. The molecule has 0 atom stereocenters. The lowest BCUT2D eigenvalue weighted by Crippen LogP contribution is -1.99. The second kappa shape index (κ2) is 5.97. The van der Waals surface area contributed by atoms with Gasteiger partial charge in [0.1, 0.15) is 11.8 Å². The highest BCUT2D eigenvalue weighted by atomic mass is 16.5. The summed E-state index contributed by atoms with van der Waals surface area (Å²) in [5.74, 6) is -0.0597. The largest absolute Gasteiger partial charge is 0.493 e. The fraction of sp³-hybridized carbons (Fsp3) is 0.125. The van der Waals surface area contributed by atoms with Crippen LogP contribution >= 0.6 is 0 Å². The van der Waals surface area contributed by atoms with E-state index in [4.69, 9.17) is 19.8 Å². The molecule has 2 aromatic rings. The molecule has 0 bridgehead atoms. The third-order valence-electron chi connectivity index (χ3n) is 2.89. The summed E-state index contributed by atoms with van der Waals surface area (Å²) in [4.78, 5) is 11.0. The second-order valence-corrected chi connectivity index (χ2v) is 4.38. The first-order valence-electron chi connectivity index (χ1n) is 6.15. The quantitative estimate of drug-likeness (QED) is 0.930. The van der Waals surface area contributed by atoms with E-state index in [0.29, 0.717) is 17.1 Å². The minimum Gasteiger partial charge on any atom is -0.493 e. The van der Waals surface area contributed by atoms with Crippen molar-refractivity contribution in [2.45, 2.75) is 6.92 Å². The fourth-order valence-electron chi connectivity index (χ4n) is 1.81. The van der Waals surface area contributed by atoms with Gasteiger partial charge in [0.2, 0.25) is 0 Å². The minimum absolute atomic E-state index is 0.0805. The Labute approximate surface area is 122 Å². The van der Waals surface area contributed by atoms with E-state index in [1.165, 1.54) is 25.3 Å². The lowest BCUT2D eigenvalue weighted by molar-refractivity contribution is 0.0696. The van der Waals surface area contributed by atoms with E-state index in [-0.39, 0.29) is 11.3 Å². The number of carboxylic acids is 1. The molecular formula is C16H13NO4. The molecule has 5 nitrogen and oxygen atoms in total. The van der Waals surface area contributed by atoms with Crippen molar-refractivity contribution in [2.75, 3.05) is 7.11 Å². The molecule has 0 heterocycles. The minimum atomic E-state index is -1.06. The highest BCUT2D eigenvalue weighted by Gasteiger charge is 2.13. The summed E-state index contributed by atoms with van der Waals surface area (Å²) in [6.45, 7) is 1.87. The van der Waals surface area contributed by atoms with Crippen LogP contribution in [0.1, 0.15) is 21.5 Å². The number of nitriles is 1. The Morgan fingerprint density at radius 1 is 1.14 bits per heavy atom. The van der Waals surface area contributed by atoms with Gasteiger partial charge in [0, 0.05) is 0 Å². The highest BCUT2D eigenvalue weighted by Crippen LogP contribution is 2.34. The Hall–Kier alpha value is -3.00. The molecule has 0 fully saturated rings. The van der Waals surface area contributed by atoms with Crippen LogP contribution in [0.2, 0.25) is 0 Å². The molecule has 21 heavy (non-hydrogen) atoms. The first kappa shape index (κ1) is 14.4. The van der Waals surface area contributed by atoms with Gasteiger partial charge in [-0.25, -0.2) is 4.79 Å². The number of hydrogen-bond donors (Lipinski definition) is 1. The fourth-order valence-corrected chi connectivity index (χ4v) is 1.81. The summed E-state index contributed by atoms with van der Waals surface area (Å²) >= 11 is 0. The van der Waals surface area contributed by atoms with E-state index in [9.17, 15) is 4.79 Å². The molecule has 0 unspecified atom stereocenters. The zero-order valence-electron chi connectivity index (χ0n) is 11.6. The molecule has 0 saturated carbocycles. The molecule has 0 spiro atoms. The lowest BCUT2D eigenvalue weighted by Gasteiger charge is -2.12. The van der Waals surface area contributed by atoms with E-state index in [2.05, 4.69) is 0 Å². The molecule has 5 heteroatoms. The van der Waals surface area contributed by atoms with Crippen molar-refractivity contribution in [1.29, 1.82) is 5.26 Å². The Bertz CT molecular complexity index is 732. The molecule has 0 aliphatic heterocycles. The summed E-state index contributed by atoms with van der Waals surface area (Å²) in [5, 5.41) is 18.1. The van der Waals surface area contributed by atoms with Crippen LogP contribution < -0.4 is 9.47 Å². The number of carbonyl (C=O) groups is 1. The van der Waals surface area contributed by atoms with Gasteiger partial charge in [-0.15, -0.1) is 0 Å². The summed E-state index contributed by atoms with van der Waals surface area (Å²) in [7, 11) is 1.46. The number of benzene rings is 2. The summed E-state index contributed by atoms with van der Waals surface area (Å²) in [5.41, 5.74) is 1.37. The second-order valence-electron chi connectivity index (χ2n) is 4.38. The van der Waals surface area contributed by atoms with Gasteiger partial charge in [0.25, 0.3) is 0 Å². The molecule has 0 amide bonds. The maximum atomic E-state index is 11.0. The zero-order chi connectivity index (χ0) is 15.4. The normalized spacial score (nSPS) is 9.76. The first-order valence-corrected chi connectivity index (χ1v) is 6.15. The number of hydrogen-bond acceptors (Lipinski definition) is 4. The number of carboxylic acid groups (broad SMARTS) is 1. The molecule has 0 radical (unpaired) electrons. The maximum absolute atomic E-state index is 11.0. The Morgan fingerprint density at radius 2 is 1.90 bits per heavy atom.